The minimum Gasteiger partial charge on any atom is -0.477 e. The van der Waals surface area contributed by atoms with Crippen molar-refractivity contribution < 1.29 is 38.4 Å². The van der Waals surface area contributed by atoms with Gasteiger partial charge in [0.05, 0.1) is 0 Å². The fraction of sp³-hybridized carbons (Fsp3) is 0.793. The maximum Gasteiger partial charge on any atom is 0.364 e. The van der Waals surface area contributed by atoms with Crippen molar-refractivity contribution in [2.24, 2.45) is 11.8 Å². The lowest BCUT2D eigenvalue weighted by Gasteiger charge is -2.37. The summed E-state index contributed by atoms with van der Waals surface area (Å²) in [5, 5.41) is 10.2. The molecular weight excluding hydrogens is 476 g/mol. The van der Waals surface area contributed by atoms with Crippen molar-refractivity contribution in [1.82, 2.24) is 0 Å². The van der Waals surface area contributed by atoms with Crippen LogP contribution in [0.15, 0.2) is 24.3 Å². The third-order valence-corrected chi connectivity index (χ3v) is 7.34. The van der Waals surface area contributed by atoms with E-state index in [1.54, 1.807) is 0 Å². The second-order valence-corrected chi connectivity index (χ2v) is 10.2. The van der Waals surface area contributed by atoms with Gasteiger partial charge in [0.2, 0.25) is 0 Å². The Bertz CT molecular complexity index is 716. The van der Waals surface area contributed by atoms with Gasteiger partial charge in [0.1, 0.15) is 5.78 Å². The molecule has 2 aliphatic heterocycles. The molecule has 2 heterocycles. The number of aliphatic carboxylic acids is 1. The van der Waals surface area contributed by atoms with Crippen molar-refractivity contribution in [3.05, 3.63) is 24.3 Å². The predicted octanol–water partition coefficient (Wildman–Crippen LogP) is 5.55. The van der Waals surface area contributed by atoms with E-state index < -0.39 is 24.3 Å². The summed E-state index contributed by atoms with van der Waals surface area (Å²) >= 11 is 0. The highest BCUT2D eigenvalue weighted by Gasteiger charge is 2.46. The largest absolute Gasteiger partial charge is 0.477 e. The number of rotatable bonds is 16. The van der Waals surface area contributed by atoms with Crippen LogP contribution in [0.4, 0.5) is 0 Å². The van der Waals surface area contributed by atoms with Crippen molar-refractivity contribution in [3.8, 4) is 0 Å². The van der Waals surface area contributed by atoms with Gasteiger partial charge in [0.25, 0.3) is 5.79 Å². The van der Waals surface area contributed by atoms with Crippen molar-refractivity contribution in [2.75, 3.05) is 26.4 Å². The van der Waals surface area contributed by atoms with E-state index in [0.717, 1.165) is 58.2 Å². The molecule has 0 spiro atoms. The number of carboxylic acids is 1. The Kier molecular flexibility index (Phi) is 13.3. The summed E-state index contributed by atoms with van der Waals surface area (Å²) in [7, 11) is 0. The van der Waals surface area contributed by atoms with Crippen LogP contribution in [0.2, 0.25) is 0 Å². The highest BCUT2D eigenvalue weighted by molar-refractivity contribution is 5.83. The first-order valence-corrected chi connectivity index (χ1v) is 14.3. The summed E-state index contributed by atoms with van der Waals surface area (Å²) < 4.78 is 28.7. The quantitative estimate of drug-likeness (QED) is 0.160. The second-order valence-electron chi connectivity index (χ2n) is 10.2. The topological polar surface area (TPSA) is 101 Å². The number of hydrogen-bond donors (Lipinski definition) is 1. The first kappa shape index (κ1) is 30.0. The highest BCUT2D eigenvalue weighted by Crippen LogP contribution is 2.34. The molecule has 3 rings (SSSR count). The zero-order valence-electron chi connectivity index (χ0n) is 22.4. The molecule has 37 heavy (non-hydrogen) atoms. The first-order valence-electron chi connectivity index (χ1n) is 14.3. The van der Waals surface area contributed by atoms with Crippen LogP contribution >= 0.6 is 0 Å². The van der Waals surface area contributed by atoms with Crippen molar-refractivity contribution in [3.63, 3.8) is 0 Å². The van der Waals surface area contributed by atoms with Crippen LogP contribution in [0, 0.1) is 11.8 Å². The number of allylic oxidation sites excluding steroid dienone is 4. The Morgan fingerprint density at radius 2 is 1.70 bits per heavy atom. The molecule has 1 saturated carbocycles. The standard InChI is InChI=1S/C29H46O8/c1-2-33-20-10-4-5-13-23-17-18-25(30)24(23)14-6-3-9-19-29(28(31)32,36-26-15-7-11-21-34-26)37-27-16-8-12-22-35-27/h3,5-6,13,23-24,26-27H,2,4,7-12,14-22H2,1H3,(H,31,32)/b6-3-,13-5+/t23-,24+,26?,27?,29?/m0/s1. The third-order valence-electron chi connectivity index (χ3n) is 7.34. The number of hydrogen-bond acceptors (Lipinski definition) is 7. The van der Waals surface area contributed by atoms with E-state index in [0.29, 0.717) is 51.1 Å². The van der Waals surface area contributed by atoms with Crippen LogP contribution in [-0.2, 0) is 33.3 Å². The van der Waals surface area contributed by atoms with Gasteiger partial charge < -0.3 is 28.8 Å². The lowest BCUT2D eigenvalue weighted by Crippen LogP contribution is -2.51. The molecule has 0 aromatic carbocycles. The van der Waals surface area contributed by atoms with E-state index in [4.69, 9.17) is 23.7 Å². The molecule has 0 bridgehead atoms. The lowest BCUT2D eigenvalue weighted by molar-refractivity contribution is -0.352. The molecule has 2 saturated heterocycles. The number of carbonyl (C=O) groups is 2. The zero-order valence-corrected chi connectivity index (χ0v) is 22.4. The van der Waals surface area contributed by atoms with Crippen molar-refractivity contribution in [2.45, 2.75) is 109 Å². The van der Waals surface area contributed by atoms with E-state index in [1.165, 1.54) is 0 Å². The Morgan fingerprint density at radius 3 is 2.30 bits per heavy atom. The van der Waals surface area contributed by atoms with Gasteiger partial charge in [-0.3, -0.25) is 4.79 Å². The maximum atomic E-state index is 12.5. The summed E-state index contributed by atoms with van der Waals surface area (Å²) in [4.78, 5) is 24.9. The molecule has 8 heteroatoms. The SMILES string of the molecule is CCOCCC/C=C/[C@H]1CCC(=O)[C@@H]1C/C=C\CCC(OC1CCCCO1)(OC1CCCCO1)C(=O)O. The first-order chi connectivity index (χ1) is 18.0. The van der Waals surface area contributed by atoms with Gasteiger partial charge in [-0.15, -0.1) is 0 Å². The number of ether oxygens (including phenoxy) is 5. The van der Waals surface area contributed by atoms with Crippen LogP contribution in [-0.4, -0.2) is 61.7 Å². The van der Waals surface area contributed by atoms with E-state index >= 15 is 0 Å². The van der Waals surface area contributed by atoms with E-state index in [1.807, 2.05) is 19.1 Å². The minimum atomic E-state index is -1.83. The highest BCUT2D eigenvalue weighted by atomic mass is 16.8. The Labute approximate surface area is 221 Å². The van der Waals surface area contributed by atoms with Crippen LogP contribution in [0.5, 0.6) is 0 Å². The van der Waals surface area contributed by atoms with Gasteiger partial charge in [-0.25, -0.2) is 4.79 Å². The molecule has 1 aliphatic carbocycles. The fourth-order valence-electron chi connectivity index (χ4n) is 5.21. The van der Waals surface area contributed by atoms with Crippen molar-refractivity contribution in [1.29, 1.82) is 0 Å². The normalized spacial score (nSPS) is 28.7. The number of unbranched alkanes of at least 4 members (excludes halogenated alkanes) is 1. The van der Waals surface area contributed by atoms with Gasteiger partial charge in [-0.05, 0) is 83.5 Å². The van der Waals surface area contributed by atoms with Gasteiger partial charge >= 0.3 is 5.97 Å². The Morgan fingerprint density at radius 1 is 1.00 bits per heavy atom. The average Bonchev–Trinajstić information content (AvgIpc) is 3.25. The summed E-state index contributed by atoms with van der Waals surface area (Å²) in [5.41, 5.74) is 0. The molecule has 0 aromatic heterocycles. The molecule has 3 aliphatic rings. The number of carbonyl (C=O) groups excluding carboxylic acids is 1. The average molecular weight is 523 g/mol. The predicted molar refractivity (Wildman–Crippen MR) is 139 cm³/mol. The summed E-state index contributed by atoms with van der Waals surface area (Å²) in [6, 6.07) is 0. The molecule has 210 valence electrons. The zero-order chi connectivity index (χ0) is 26.3. The van der Waals surface area contributed by atoms with Crippen LogP contribution in [0.25, 0.3) is 0 Å². The molecule has 8 nitrogen and oxygen atoms in total. The van der Waals surface area contributed by atoms with E-state index in [-0.39, 0.29) is 18.3 Å². The van der Waals surface area contributed by atoms with Crippen molar-refractivity contribution >= 4 is 11.8 Å². The smallest absolute Gasteiger partial charge is 0.364 e. The van der Waals surface area contributed by atoms with E-state index in [9.17, 15) is 14.7 Å². The molecule has 1 N–H and O–H groups in total. The van der Waals surface area contributed by atoms with Crippen LogP contribution in [0.3, 0.4) is 0 Å². The van der Waals surface area contributed by atoms with E-state index in [2.05, 4.69) is 12.2 Å². The molecule has 2 unspecified atom stereocenters. The van der Waals surface area contributed by atoms with Gasteiger partial charge in [-0.1, -0.05) is 24.3 Å². The molecule has 0 aromatic rings. The maximum absolute atomic E-state index is 12.5. The molecule has 4 atom stereocenters. The van der Waals surface area contributed by atoms with Gasteiger partial charge in [0, 0.05) is 45.2 Å². The summed E-state index contributed by atoms with van der Waals surface area (Å²) in [6.45, 7) is 4.61. The summed E-state index contributed by atoms with van der Waals surface area (Å²) in [5.74, 6) is -2.43. The molecule has 0 radical (unpaired) electrons. The van der Waals surface area contributed by atoms with Gasteiger partial charge in [-0.2, -0.15) is 0 Å². The molecule has 3 fully saturated rings. The number of Topliss-reactive ketones (excluding diaryl/α,β-unsaturated/α-hetero) is 1. The monoisotopic (exact) mass is 522 g/mol. The number of ketones is 1. The number of carboxylic acid groups (broad SMARTS) is 1. The Hall–Kier alpha value is -1.58. The molecule has 0 amide bonds. The lowest BCUT2D eigenvalue weighted by atomic mass is 9.91. The Balaban J connectivity index is 1.54. The molecular formula is C29H46O8. The van der Waals surface area contributed by atoms with Crippen LogP contribution in [0.1, 0.15) is 90.4 Å². The minimum absolute atomic E-state index is 0.0117. The third kappa shape index (κ3) is 9.91. The second kappa shape index (κ2) is 16.4. The van der Waals surface area contributed by atoms with Gasteiger partial charge in [0.15, 0.2) is 12.6 Å². The van der Waals surface area contributed by atoms with Crippen LogP contribution < -0.4 is 0 Å². The summed E-state index contributed by atoms with van der Waals surface area (Å²) in [6.07, 6.45) is 16.9. The fourth-order valence-corrected chi connectivity index (χ4v) is 5.21.